The molecule has 0 radical (unpaired) electrons. The third kappa shape index (κ3) is 1.76. The molecular formula is C16H16N2O2. The molecule has 0 fully saturated rings. The normalized spacial score (nSPS) is 11.2. The molecule has 4 nitrogen and oxygen atoms in total. The Kier molecular flexibility index (Phi) is 2.93. The first kappa shape index (κ1) is 12.7. The lowest BCUT2D eigenvalue weighted by atomic mass is 10.0. The van der Waals surface area contributed by atoms with E-state index in [-0.39, 0.29) is 5.78 Å². The summed E-state index contributed by atoms with van der Waals surface area (Å²) in [6.07, 6.45) is 0.763. The number of aryl methyl sites for hydroxylation is 2. The Bertz CT molecular complexity index is 796. The quantitative estimate of drug-likeness (QED) is 0.733. The second kappa shape index (κ2) is 4.63. The van der Waals surface area contributed by atoms with E-state index in [4.69, 9.17) is 4.52 Å². The highest BCUT2D eigenvalue weighted by molar-refractivity contribution is 6.12. The van der Waals surface area contributed by atoms with Crippen LogP contribution in [0.2, 0.25) is 0 Å². The van der Waals surface area contributed by atoms with Gasteiger partial charge in [0.15, 0.2) is 5.78 Å². The van der Waals surface area contributed by atoms with Crippen LogP contribution < -0.4 is 0 Å². The molecule has 20 heavy (non-hydrogen) atoms. The first-order chi connectivity index (χ1) is 9.63. The average Bonchev–Trinajstić information content (AvgIpc) is 2.98. The zero-order chi connectivity index (χ0) is 14.3. The predicted molar refractivity (Wildman–Crippen MR) is 77.9 cm³/mol. The molecule has 2 aromatic heterocycles. The number of hydrogen-bond acceptors (Lipinski definition) is 3. The van der Waals surface area contributed by atoms with Gasteiger partial charge in [0.1, 0.15) is 5.76 Å². The Labute approximate surface area is 116 Å². The van der Waals surface area contributed by atoms with E-state index >= 15 is 0 Å². The molecule has 1 N–H and O–H groups in total. The average molecular weight is 268 g/mol. The van der Waals surface area contributed by atoms with Crippen LogP contribution in [0.1, 0.15) is 35.7 Å². The van der Waals surface area contributed by atoms with Crippen LogP contribution in [-0.2, 0) is 6.42 Å². The van der Waals surface area contributed by atoms with Crippen LogP contribution in [0.5, 0.6) is 0 Å². The molecule has 1 aromatic carbocycles. The Hall–Kier alpha value is -2.36. The molecule has 102 valence electrons. The molecule has 0 aliphatic rings. The highest BCUT2D eigenvalue weighted by atomic mass is 16.5. The summed E-state index contributed by atoms with van der Waals surface area (Å²) in [7, 11) is 0. The minimum Gasteiger partial charge on any atom is -0.361 e. The summed E-state index contributed by atoms with van der Waals surface area (Å²) in [5, 5.41) is 5.02. The second-order valence-electron chi connectivity index (χ2n) is 4.89. The molecule has 4 heteroatoms. The fraction of sp³-hybridized carbons (Fsp3) is 0.250. The zero-order valence-corrected chi connectivity index (χ0v) is 11.8. The minimum absolute atomic E-state index is 0.0418. The molecule has 0 saturated carbocycles. The number of fused-ring (bicyclic) bond motifs is 1. The monoisotopic (exact) mass is 268 g/mol. The third-order valence-corrected chi connectivity index (χ3v) is 3.58. The first-order valence-corrected chi connectivity index (χ1v) is 6.70. The number of nitrogens with one attached hydrogen (secondary N) is 1. The van der Waals surface area contributed by atoms with Crippen molar-refractivity contribution in [2.75, 3.05) is 0 Å². The summed E-state index contributed by atoms with van der Waals surface area (Å²) in [6.45, 7) is 5.49. The largest absolute Gasteiger partial charge is 0.361 e. The van der Waals surface area contributed by atoms with Gasteiger partial charge < -0.3 is 9.51 Å². The molecule has 0 saturated heterocycles. The van der Waals surface area contributed by atoms with Crippen molar-refractivity contribution < 1.29 is 9.32 Å². The van der Waals surface area contributed by atoms with E-state index in [1.165, 1.54) is 0 Å². The van der Waals surface area contributed by atoms with Crippen molar-refractivity contribution >= 4 is 16.7 Å². The third-order valence-electron chi connectivity index (χ3n) is 3.58. The van der Waals surface area contributed by atoms with Crippen LogP contribution in [0.4, 0.5) is 0 Å². The molecule has 3 rings (SSSR count). The van der Waals surface area contributed by atoms with E-state index in [0.29, 0.717) is 5.56 Å². The number of ketones is 1. The lowest BCUT2D eigenvalue weighted by molar-refractivity contribution is 0.102. The number of Topliss-reactive ketones (excluding diaryl/α,β-unsaturated/α-hetero) is 1. The SMILES string of the molecule is CCc1noc(C)c1-c1[nH]c2ccccc2c1C(C)=O. The summed E-state index contributed by atoms with van der Waals surface area (Å²) in [5.74, 6) is 0.774. The van der Waals surface area contributed by atoms with Crippen LogP contribution in [0, 0.1) is 6.92 Å². The molecule has 0 amide bonds. The van der Waals surface area contributed by atoms with Crippen molar-refractivity contribution in [3.63, 3.8) is 0 Å². The molecule has 0 aliphatic heterocycles. The van der Waals surface area contributed by atoms with Gasteiger partial charge in [-0.25, -0.2) is 0 Å². The van der Waals surface area contributed by atoms with Gasteiger partial charge in [-0.05, 0) is 26.3 Å². The number of carbonyl (C=O) groups is 1. The van der Waals surface area contributed by atoms with Crippen LogP contribution in [0.25, 0.3) is 22.2 Å². The topological polar surface area (TPSA) is 58.9 Å². The number of carbonyl (C=O) groups excluding carboxylic acids is 1. The Morgan fingerprint density at radius 3 is 2.80 bits per heavy atom. The van der Waals surface area contributed by atoms with E-state index in [1.54, 1.807) is 6.92 Å². The van der Waals surface area contributed by atoms with Crippen molar-refractivity contribution in [2.24, 2.45) is 0 Å². The van der Waals surface area contributed by atoms with E-state index in [2.05, 4.69) is 10.1 Å². The highest BCUT2D eigenvalue weighted by Gasteiger charge is 2.22. The van der Waals surface area contributed by atoms with E-state index in [9.17, 15) is 4.79 Å². The number of rotatable bonds is 3. The van der Waals surface area contributed by atoms with Gasteiger partial charge in [0.05, 0.1) is 22.5 Å². The molecule has 3 aromatic rings. The number of aromatic amines is 1. The fourth-order valence-electron chi connectivity index (χ4n) is 2.67. The summed E-state index contributed by atoms with van der Waals surface area (Å²) >= 11 is 0. The van der Waals surface area contributed by atoms with Crippen molar-refractivity contribution in [3.8, 4) is 11.3 Å². The Morgan fingerprint density at radius 2 is 2.10 bits per heavy atom. The van der Waals surface area contributed by atoms with Crippen molar-refractivity contribution in [3.05, 3.63) is 41.3 Å². The standard InChI is InChI=1S/C16H16N2O2/c1-4-12-15(10(3)20-18-12)16-14(9(2)19)11-7-5-6-8-13(11)17-16/h5-8,17H,4H2,1-3H3. The molecule has 0 aliphatic carbocycles. The fourth-order valence-corrected chi connectivity index (χ4v) is 2.67. The molecule has 0 atom stereocenters. The summed E-state index contributed by atoms with van der Waals surface area (Å²) in [6, 6.07) is 7.82. The number of H-pyrrole nitrogens is 1. The molecule has 0 unspecified atom stereocenters. The summed E-state index contributed by atoms with van der Waals surface area (Å²) in [4.78, 5) is 15.4. The van der Waals surface area contributed by atoms with Gasteiger partial charge >= 0.3 is 0 Å². The number of benzene rings is 1. The van der Waals surface area contributed by atoms with Gasteiger partial charge in [-0.2, -0.15) is 0 Å². The Morgan fingerprint density at radius 1 is 1.35 bits per heavy atom. The molecule has 0 spiro atoms. The van der Waals surface area contributed by atoms with Crippen LogP contribution in [0.15, 0.2) is 28.8 Å². The molecule has 2 heterocycles. The summed E-state index contributed by atoms with van der Waals surface area (Å²) < 4.78 is 5.29. The number of aromatic nitrogens is 2. The predicted octanol–water partition coefficient (Wildman–Crippen LogP) is 3.90. The first-order valence-electron chi connectivity index (χ1n) is 6.70. The van der Waals surface area contributed by atoms with Gasteiger partial charge in [-0.15, -0.1) is 0 Å². The van der Waals surface area contributed by atoms with Gasteiger partial charge in [0.25, 0.3) is 0 Å². The maximum atomic E-state index is 12.1. The van der Waals surface area contributed by atoms with Crippen LogP contribution in [-0.4, -0.2) is 15.9 Å². The zero-order valence-electron chi connectivity index (χ0n) is 11.8. The number of nitrogens with zero attached hydrogens (tertiary/aromatic N) is 1. The minimum atomic E-state index is 0.0418. The van der Waals surface area contributed by atoms with E-state index in [1.807, 2.05) is 38.1 Å². The van der Waals surface area contributed by atoms with Gasteiger partial charge in [-0.1, -0.05) is 30.3 Å². The van der Waals surface area contributed by atoms with Gasteiger partial charge in [-0.3, -0.25) is 4.79 Å². The molecular weight excluding hydrogens is 252 g/mol. The van der Waals surface area contributed by atoms with Crippen molar-refractivity contribution in [1.82, 2.24) is 10.1 Å². The Balaban J connectivity index is 2.38. The number of hydrogen-bond donors (Lipinski definition) is 1. The second-order valence-corrected chi connectivity index (χ2v) is 4.89. The number of para-hydroxylation sites is 1. The lowest BCUT2D eigenvalue weighted by Crippen LogP contribution is -1.96. The van der Waals surface area contributed by atoms with E-state index in [0.717, 1.165) is 40.0 Å². The van der Waals surface area contributed by atoms with Crippen molar-refractivity contribution in [1.29, 1.82) is 0 Å². The maximum absolute atomic E-state index is 12.1. The highest BCUT2D eigenvalue weighted by Crippen LogP contribution is 2.34. The molecule has 0 bridgehead atoms. The van der Waals surface area contributed by atoms with Gasteiger partial charge in [0, 0.05) is 10.9 Å². The summed E-state index contributed by atoms with van der Waals surface area (Å²) in [5.41, 5.74) is 4.26. The lowest BCUT2D eigenvalue weighted by Gasteiger charge is -2.01. The smallest absolute Gasteiger partial charge is 0.162 e. The van der Waals surface area contributed by atoms with Crippen LogP contribution >= 0.6 is 0 Å². The van der Waals surface area contributed by atoms with Crippen LogP contribution in [0.3, 0.4) is 0 Å². The van der Waals surface area contributed by atoms with Gasteiger partial charge in [0.2, 0.25) is 0 Å². The maximum Gasteiger partial charge on any atom is 0.162 e. The van der Waals surface area contributed by atoms with Crippen molar-refractivity contribution in [2.45, 2.75) is 27.2 Å². The van der Waals surface area contributed by atoms with E-state index < -0.39 is 0 Å².